The summed E-state index contributed by atoms with van der Waals surface area (Å²) in [6.07, 6.45) is 7.11. The second kappa shape index (κ2) is 8.78. The molecular weight excluding hydrogens is 352 g/mol. The zero-order valence-electron chi connectivity index (χ0n) is 14.6. The fourth-order valence-corrected chi connectivity index (χ4v) is 2.83. The third-order valence-electron chi connectivity index (χ3n) is 4.16. The number of allylic oxidation sites excluding steroid dienone is 3. The molecule has 1 aromatic heterocycles. The van der Waals surface area contributed by atoms with Gasteiger partial charge in [0.05, 0.1) is 6.54 Å². The summed E-state index contributed by atoms with van der Waals surface area (Å²) in [5, 5.41) is 4.70. The lowest BCUT2D eigenvalue weighted by atomic mass is 10.2. The minimum atomic E-state index is 0.0468. The van der Waals surface area contributed by atoms with Crippen LogP contribution in [0.5, 0.6) is 0 Å². The largest absolute Gasteiger partial charge is 0.338 e. The number of carbonyl (C=O) groups is 1. The van der Waals surface area contributed by atoms with E-state index in [0.717, 1.165) is 18.7 Å². The fourth-order valence-electron chi connectivity index (χ4n) is 2.71. The Bertz CT molecular complexity index is 790. The van der Waals surface area contributed by atoms with Crippen molar-refractivity contribution < 1.29 is 9.32 Å². The molecule has 0 spiro atoms. The van der Waals surface area contributed by atoms with Crippen molar-refractivity contribution in [2.24, 2.45) is 0 Å². The first-order valence-corrected chi connectivity index (χ1v) is 8.92. The number of nitrogens with zero attached hydrogens (tertiary/aromatic N) is 4. The molecular formula is C19H21ClN4O2. The van der Waals surface area contributed by atoms with E-state index in [1.54, 1.807) is 24.3 Å². The lowest BCUT2D eigenvalue weighted by Gasteiger charge is -2.33. The van der Waals surface area contributed by atoms with Crippen LogP contribution in [0.3, 0.4) is 0 Å². The van der Waals surface area contributed by atoms with E-state index < -0.39 is 0 Å². The van der Waals surface area contributed by atoms with E-state index >= 15 is 0 Å². The lowest BCUT2D eigenvalue weighted by Crippen LogP contribution is -2.47. The normalized spacial score (nSPS) is 16.0. The number of piperazine rings is 1. The number of aromatic nitrogens is 2. The van der Waals surface area contributed by atoms with Gasteiger partial charge < -0.3 is 9.42 Å². The quantitative estimate of drug-likeness (QED) is 0.596. The van der Waals surface area contributed by atoms with Crippen molar-refractivity contribution in [3.63, 3.8) is 0 Å². The third-order valence-corrected chi connectivity index (χ3v) is 4.41. The van der Waals surface area contributed by atoms with Crippen LogP contribution in [-0.2, 0) is 11.3 Å². The summed E-state index contributed by atoms with van der Waals surface area (Å²) in [7, 11) is 0. The van der Waals surface area contributed by atoms with Gasteiger partial charge in [-0.25, -0.2) is 0 Å². The van der Waals surface area contributed by atoms with E-state index in [1.165, 1.54) is 0 Å². The van der Waals surface area contributed by atoms with Crippen LogP contribution in [0, 0.1) is 0 Å². The number of amides is 1. The lowest BCUT2D eigenvalue weighted by molar-refractivity contribution is -0.127. The molecule has 0 N–H and O–H groups in total. The SMILES string of the molecule is C/C=C/C=C/C(=O)N1CCN(Cc2nc(-c3ccc(Cl)cc3)no2)CC1. The van der Waals surface area contributed by atoms with Crippen LogP contribution in [0.15, 0.2) is 53.1 Å². The molecule has 0 bridgehead atoms. The first kappa shape index (κ1) is 18.4. The summed E-state index contributed by atoms with van der Waals surface area (Å²) in [5.41, 5.74) is 0.868. The fraction of sp³-hybridized carbons (Fsp3) is 0.316. The van der Waals surface area contributed by atoms with Gasteiger partial charge in [-0.2, -0.15) is 4.98 Å². The molecule has 1 fully saturated rings. The Labute approximate surface area is 157 Å². The van der Waals surface area contributed by atoms with Crippen LogP contribution in [0.1, 0.15) is 12.8 Å². The Kier molecular flexibility index (Phi) is 6.20. The van der Waals surface area contributed by atoms with E-state index in [2.05, 4.69) is 15.0 Å². The molecule has 1 saturated heterocycles. The molecule has 3 rings (SSSR count). The van der Waals surface area contributed by atoms with Gasteiger partial charge in [0, 0.05) is 42.8 Å². The molecule has 1 aliphatic rings. The second-order valence-electron chi connectivity index (χ2n) is 6.00. The Morgan fingerprint density at radius 1 is 1.19 bits per heavy atom. The summed E-state index contributed by atoms with van der Waals surface area (Å²) in [6, 6.07) is 7.33. The molecule has 0 saturated carbocycles. The van der Waals surface area contributed by atoms with Crippen LogP contribution < -0.4 is 0 Å². The van der Waals surface area contributed by atoms with E-state index in [-0.39, 0.29) is 5.91 Å². The number of rotatable bonds is 5. The standard InChI is InChI=1S/C19H21ClN4O2/c1-2-3-4-5-18(25)24-12-10-23(11-13-24)14-17-21-19(22-26-17)15-6-8-16(20)9-7-15/h2-9H,10-14H2,1H3/b3-2+,5-4+. The molecule has 1 amide bonds. The van der Waals surface area contributed by atoms with Gasteiger partial charge in [0.25, 0.3) is 0 Å². The monoisotopic (exact) mass is 372 g/mol. The van der Waals surface area contributed by atoms with Gasteiger partial charge in [0.15, 0.2) is 0 Å². The number of hydrogen-bond donors (Lipinski definition) is 0. The number of benzene rings is 1. The highest BCUT2D eigenvalue weighted by Gasteiger charge is 2.21. The predicted octanol–water partition coefficient (Wildman–Crippen LogP) is 3.17. The maximum Gasteiger partial charge on any atom is 0.246 e. The van der Waals surface area contributed by atoms with Crippen molar-refractivity contribution in [1.29, 1.82) is 0 Å². The topological polar surface area (TPSA) is 62.5 Å². The maximum atomic E-state index is 12.1. The maximum absolute atomic E-state index is 12.1. The van der Waals surface area contributed by atoms with Crippen LogP contribution in [0.25, 0.3) is 11.4 Å². The summed E-state index contributed by atoms with van der Waals surface area (Å²) in [4.78, 5) is 20.6. The highest BCUT2D eigenvalue weighted by Crippen LogP contribution is 2.19. The van der Waals surface area contributed by atoms with E-state index in [9.17, 15) is 4.79 Å². The molecule has 0 radical (unpaired) electrons. The summed E-state index contributed by atoms with van der Waals surface area (Å²) >= 11 is 5.90. The summed E-state index contributed by atoms with van der Waals surface area (Å²) in [5.74, 6) is 1.17. The molecule has 0 unspecified atom stereocenters. The molecule has 1 aromatic carbocycles. The number of halogens is 1. The van der Waals surface area contributed by atoms with Gasteiger partial charge in [-0.1, -0.05) is 35.0 Å². The van der Waals surface area contributed by atoms with Crippen molar-refractivity contribution in [3.05, 3.63) is 59.5 Å². The van der Waals surface area contributed by atoms with Crippen molar-refractivity contribution in [2.45, 2.75) is 13.5 Å². The van der Waals surface area contributed by atoms with Gasteiger partial charge in [0.2, 0.25) is 17.6 Å². The highest BCUT2D eigenvalue weighted by atomic mass is 35.5. The Morgan fingerprint density at radius 3 is 2.62 bits per heavy atom. The minimum absolute atomic E-state index is 0.0468. The van der Waals surface area contributed by atoms with Crippen LogP contribution in [-0.4, -0.2) is 52.0 Å². The van der Waals surface area contributed by atoms with Crippen LogP contribution in [0.4, 0.5) is 0 Å². The first-order valence-electron chi connectivity index (χ1n) is 8.55. The van der Waals surface area contributed by atoms with Gasteiger partial charge in [-0.05, 0) is 31.2 Å². The Morgan fingerprint density at radius 2 is 1.92 bits per heavy atom. The summed E-state index contributed by atoms with van der Waals surface area (Å²) < 4.78 is 5.36. The Balaban J connectivity index is 1.52. The van der Waals surface area contributed by atoms with Gasteiger partial charge in [-0.15, -0.1) is 0 Å². The van der Waals surface area contributed by atoms with Gasteiger partial charge in [-0.3, -0.25) is 9.69 Å². The number of carbonyl (C=O) groups excluding carboxylic acids is 1. The zero-order valence-corrected chi connectivity index (χ0v) is 15.4. The van der Waals surface area contributed by atoms with E-state index in [4.69, 9.17) is 16.1 Å². The number of hydrogen-bond acceptors (Lipinski definition) is 5. The summed E-state index contributed by atoms with van der Waals surface area (Å²) in [6.45, 7) is 5.44. The average molecular weight is 373 g/mol. The highest BCUT2D eigenvalue weighted by molar-refractivity contribution is 6.30. The van der Waals surface area contributed by atoms with Gasteiger partial charge in [0.1, 0.15) is 0 Å². The molecule has 0 atom stereocenters. The van der Waals surface area contributed by atoms with E-state index in [0.29, 0.717) is 36.4 Å². The zero-order chi connectivity index (χ0) is 18.4. The van der Waals surface area contributed by atoms with Crippen molar-refractivity contribution in [3.8, 4) is 11.4 Å². The second-order valence-corrected chi connectivity index (χ2v) is 6.44. The molecule has 26 heavy (non-hydrogen) atoms. The molecule has 1 aliphatic heterocycles. The van der Waals surface area contributed by atoms with Crippen LogP contribution >= 0.6 is 11.6 Å². The first-order chi connectivity index (χ1) is 12.7. The molecule has 136 valence electrons. The molecule has 2 heterocycles. The molecule has 6 nitrogen and oxygen atoms in total. The van der Waals surface area contributed by atoms with Crippen LogP contribution in [0.2, 0.25) is 5.02 Å². The molecule has 0 aliphatic carbocycles. The smallest absolute Gasteiger partial charge is 0.246 e. The predicted molar refractivity (Wildman–Crippen MR) is 101 cm³/mol. The average Bonchev–Trinajstić information content (AvgIpc) is 3.11. The van der Waals surface area contributed by atoms with Crippen molar-refractivity contribution in [2.75, 3.05) is 26.2 Å². The Hall–Kier alpha value is -2.44. The third kappa shape index (κ3) is 4.80. The molecule has 7 heteroatoms. The van der Waals surface area contributed by atoms with Crippen molar-refractivity contribution >= 4 is 17.5 Å². The van der Waals surface area contributed by atoms with E-state index in [1.807, 2.05) is 36.1 Å². The van der Waals surface area contributed by atoms with Crippen molar-refractivity contribution in [1.82, 2.24) is 19.9 Å². The minimum Gasteiger partial charge on any atom is -0.338 e. The molecule has 2 aromatic rings. The van der Waals surface area contributed by atoms with Gasteiger partial charge >= 0.3 is 0 Å².